The zero-order valence-corrected chi connectivity index (χ0v) is 24.5. The van der Waals surface area contributed by atoms with Gasteiger partial charge in [-0.2, -0.15) is 0 Å². The summed E-state index contributed by atoms with van der Waals surface area (Å²) >= 11 is 0. The number of hydrogen-bond acceptors (Lipinski definition) is 2. The Bertz CT molecular complexity index is 1250. The molecule has 3 aromatic carbocycles. The zero-order chi connectivity index (χ0) is 27.0. The number of benzene rings is 3. The molecule has 0 spiro atoms. The smallest absolute Gasteiger partial charge is 0.161 e. The number of fused-ring (bicyclic) bond motifs is 3. The summed E-state index contributed by atoms with van der Waals surface area (Å²) in [5.74, 6) is 2.71. The van der Waals surface area contributed by atoms with Gasteiger partial charge in [-0.1, -0.05) is 115 Å². The van der Waals surface area contributed by atoms with Gasteiger partial charge in [0.2, 0.25) is 0 Å². The Morgan fingerprint density at radius 3 is 1.73 bits per heavy atom. The quantitative estimate of drug-likeness (QED) is 0.292. The summed E-state index contributed by atoms with van der Waals surface area (Å²) in [6, 6.07) is 20.6. The van der Waals surface area contributed by atoms with Crippen LogP contribution in [0.3, 0.4) is 0 Å². The van der Waals surface area contributed by atoms with Crippen LogP contribution in [-0.4, -0.2) is 13.2 Å². The molecule has 3 aromatic rings. The standard InChI is InChI=1S/C35H46O2/c1-10-23(3)21-36-32-17-14-27(20-33(32)37-22-24(4)11-2)35(9)31-19-26(6)13-16-29(31)28-15-12-25(5)18-30(28)34(35,7)8/h12-20,23-24H,10-11,21-22H2,1-9H3. The second-order valence-corrected chi connectivity index (χ2v) is 12.2. The van der Waals surface area contributed by atoms with Gasteiger partial charge in [-0.3, -0.25) is 0 Å². The molecule has 3 atom stereocenters. The Kier molecular flexibility index (Phi) is 7.79. The molecule has 4 rings (SSSR count). The molecule has 1 aliphatic rings. The predicted molar refractivity (Wildman–Crippen MR) is 157 cm³/mol. The van der Waals surface area contributed by atoms with E-state index in [-0.39, 0.29) is 10.8 Å². The number of hydrogen-bond donors (Lipinski definition) is 0. The second-order valence-electron chi connectivity index (χ2n) is 12.2. The van der Waals surface area contributed by atoms with Crippen LogP contribution in [-0.2, 0) is 10.8 Å². The maximum Gasteiger partial charge on any atom is 0.161 e. The minimum Gasteiger partial charge on any atom is -0.489 e. The normalized spacial score (nSPS) is 19.5. The molecule has 0 amide bonds. The van der Waals surface area contributed by atoms with Crippen LogP contribution in [0.1, 0.15) is 89.1 Å². The number of ether oxygens (including phenoxy) is 2. The van der Waals surface area contributed by atoms with Gasteiger partial charge < -0.3 is 9.47 Å². The fraction of sp³-hybridized carbons (Fsp3) is 0.486. The summed E-state index contributed by atoms with van der Waals surface area (Å²) in [6.07, 6.45) is 2.19. The van der Waals surface area contributed by atoms with Gasteiger partial charge in [-0.05, 0) is 65.6 Å². The first-order valence-electron chi connectivity index (χ1n) is 14.2. The van der Waals surface area contributed by atoms with E-state index in [2.05, 4.69) is 117 Å². The molecule has 1 aliphatic carbocycles. The lowest BCUT2D eigenvalue weighted by Gasteiger charge is -2.51. The minimum absolute atomic E-state index is 0.137. The summed E-state index contributed by atoms with van der Waals surface area (Å²) in [6.45, 7) is 21.9. The Hall–Kier alpha value is -2.74. The summed E-state index contributed by atoms with van der Waals surface area (Å²) in [7, 11) is 0. The van der Waals surface area contributed by atoms with E-state index in [1.54, 1.807) is 0 Å². The molecular weight excluding hydrogens is 452 g/mol. The van der Waals surface area contributed by atoms with Crippen molar-refractivity contribution in [2.45, 2.75) is 86.0 Å². The molecule has 0 bridgehead atoms. The van der Waals surface area contributed by atoms with E-state index >= 15 is 0 Å². The highest BCUT2D eigenvalue weighted by molar-refractivity contribution is 5.80. The van der Waals surface area contributed by atoms with E-state index in [0.717, 1.165) is 24.3 Å². The molecular formula is C35H46O2. The second kappa shape index (κ2) is 10.6. The van der Waals surface area contributed by atoms with Gasteiger partial charge in [0, 0.05) is 10.8 Å². The fourth-order valence-corrected chi connectivity index (χ4v) is 5.59. The summed E-state index contributed by atoms with van der Waals surface area (Å²) in [5, 5.41) is 0. The molecule has 2 heteroatoms. The molecule has 0 radical (unpaired) electrons. The van der Waals surface area contributed by atoms with Crippen molar-refractivity contribution in [3.63, 3.8) is 0 Å². The number of rotatable bonds is 9. The van der Waals surface area contributed by atoms with Crippen molar-refractivity contribution < 1.29 is 9.47 Å². The van der Waals surface area contributed by atoms with Crippen molar-refractivity contribution in [1.29, 1.82) is 0 Å². The maximum atomic E-state index is 6.48. The van der Waals surface area contributed by atoms with E-state index in [4.69, 9.17) is 9.47 Å². The third-order valence-corrected chi connectivity index (χ3v) is 9.06. The molecule has 37 heavy (non-hydrogen) atoms. The third kappa shape index (κ3) is 4.92. The minimum atomic E-state index is -0.251. The van der Waals surface area contributed by atoms with Gasteiger partial charge >= 0.3 is 0 Å². The van der Waals surface area contributed by atoms with Crippen molar-refractivity contribution >= 4 is 0 Å². The Morgan fingerprint density at radius 2 is 1.16 bits per heavy atom. The molecule has 0 saturated carbocycles. The largest absolute Gasteiger partial charge is 0.489 e. The van der Waals surface area contributed by atoms with Gasteiger partial charge in [0.1, 0.15) is 0 Å². The van der Waals surface area contributed by atoms with Crippen LogP contribution >= 0.6 is 0 Å². The highest BCUT2D eigenvalue weighted by Gasteiger charge is 2.50. The van der Waals surface area contributed by atoms with Crippen LogP contribution in [0.15, 0.2) is 54.6 Å². The summed E-state index contributed by atoms with van der Waals surface area (Å²) in [4.78, 5) is 0. The molecule has 0 fully saturated rings. The van der Waals surface area contributed by atoms with E-state index < -0.39 is 0 Å². The summed E-state index contributed by atoms with van der Waals surface area (Å²) in [5.41, 5.74) is 8.95. The SMILES string of the molecule is CCC(C)COc1ccc(C2(C)c3cc(C)ccc3-c3ccc(C)cc3C2(C)C)cc1OCC(C)CC. The van der Waals surface area contributed by atoms with Gasteiger partial charge in [0.25, 0.3) is 0 Å². The van der Waals surface area contributed by atoms with E-state index in [0.29, 0.717) is 25.0 Å². The van der Waals surface area contributed by atoms with Crippen LogP contribution in [0.5, 0.6) is 11.5 Å². The van der Waals surface area contributed by atoms with Crippen LogP contribution < -0.4 is 9.47 Å². The predicted octanol–water partition coefficient (Wildman–Crippen LogP) is 9.42. The monoisotopic (exact) mass is 498 g/mol. The maximum absolute atomic E-state index is 6.48. The Labute approximate surface area is 225 Å². The molecule has 3 unspecified atom stereocenters. The Morgan fingerprint density at radius 1 is 0.649 bits per heavy atom. The topological polar surface area (TPSA) is 18.5 Å². The number of aryl methyl sites for hydroxylation is 2. The van der Waals surface area contributed by atoms with E-state index in [1.807, 2.05) is 0 Å². The molecule has 0 heterocycles. The lowest BCUT2D eigenvalue weighted by molar-refractivity contribution is 0.216. The molecule has 198 valence electrons. The van der Waals surface area contributed by atoms with Crippen LogP contribution in [0.4, 0.5) is 0 Å². The van der Waals surface area contributed by atoms with Gasteiger partial charge in [-0.15, -0.1) is 0 Å². The first kappa shape index (κ1) is 27.3. The molecule has 0 aromatic heterocycles. The van der Waals surface area contributed by atoms with E-state index in [9.17, 15) is 0 Å². The van der Waals surface area contributed by atoms with Crippen molar-refractivity contribution in [1.82, 2.24) is 0 Å². The highest BCUT2D eigenvalue weighted by Crippen LogP contribution is 2.57. The van der Waals surface area contributed by atoms with Gasteiger partial charge in [0.15, 0.2) is 11.5 Å². The average Bonchev–Trinajstić information content (AvgIpc) is 2.89. The molecule has 0 N–H and O–H groups in total. The van der Waals surface area contributed by atoms with Crippen molar-refractivity contribution in [2.24, 2.45) is 11.8 Å². The van der Waals surface area contributed by atoms with Crippen molar-refractivity contribution in [3.05, 3.63) is 82.4 Å². The third-order valence-electron chi connectivity index (χ3n) is 9.06. The Balaban J connectivity index is 1.89. The van der Waals surface area contributed by atoms with Crippen LogP contribution in [0, 0.1) is 25.7 Å². The molecule has 2 nitrogen and oxygen atoms in total. The lowest BCUT2D eigenvalue weighted by atomic mass is 9.52. The summed E-state index contributed by atoms with van der Waals surface area (Å²) < 4.78 is 12.8. The van der Waals surface area contributed by atoms with Crippen LogP contribution in [0.25, 0.3) is 11.1 Å². The molecule has 0 saturated heterocycles. The lowest BCUT2D eigenvalue weighted by Crippen LogP contribution is -2.46. The highest BCUT2D eigenvalue weighted by atomic mass is 16.5. The molecule has 0 aliphatic heterocycles. The first-order valence-corrected chi connectivity index (χ1v) is 14.2. The van der Waals surface area contributed by atoms with E-state index in [1.165, 1.54) is 38.9 Å². The average molecular weight is 499 g/mol. The van der Waals surface area contributed by atoms with Crippen molar-refractivity contribution in [3.8, 4) is 22.6 Å². The van der Waals surface area contributed by atoms with Gasteiger partial charge in [0.05, 0.1) is 13.2 Å². The fourth-order valence-electron chi connectivity index (χ4n) is 5.59. The van der Waals surface area contributed by atoms with Crippen molar-refractivity contribution in [2.75, 3.05) is 13.2 Å². The zero-order valence-electron chi connectivity index (χ0n) is 24.5. The first-order chi connectivity index (χ1) is 17.5. The van der Waals surface area contributed by atoms with Gasteiger partial charge in [-0.25, -0.2) is 0 Å². The van der Waals surface area contributed by atoms with Crippen LogP contribution in [0.2, 0.25) is 0 Å².